The van der Waals surface area contributed by atoms with E-state index in [2.05, 4.69) is 5.32 Å². The van der Waals surface area contributed by atoms with Crippen LogP contribution in [0.15, 0.2) is 24.3 Å². The Hall–Kier alpha value is -0.930. The molecule has 0 amide bonds. The van der Waals surface area contributed by atoms with Gasteiger partial charge in [0.15, 0.2) is 0 Å². The molecule has 0 aromatic heterocycles. The van der Waals surface area contributed by atoms with Gasteiger partial charge in [-0.15, -0.1) is 0 Å². The summed E-state index contributed by atoms with van der Waals surface area (Å²) in [7, 11) is 0. The normalized spacial score (nSPS) is 11.0. The minimum absolute atomic E-state index is 0.232. The van der Waals surface area contributed by atoms with Crippen molar-refractivity contribution in [1.82, 2.24) is 0 Å². The number of rotatable bonds is 4. The third-order valence-corrected chi connectivity index (χ3v) is 2.47. The van der Waals surface area contributed by atoms with Gasteiger partial charge in [-0.05, 0) is 25.5 Å². The van der Waals surface area contributed by atoms with E-state index in [4.69, 9.17) is 27.9 Å². The number of esters is 1. The Morgan fingerprint density at radius 1 is 1.44 bits per heavy atom. The fourth-order valence-corrected chi connectivity index (χ4v) is 1.47. The molecule has 0 unspecified atom stereocenters. The van der Waals surface area contributed by atoms with Gasteiger partial charge in [-0.1, -0.05) is 41.4 Å². The molecule has 88 valence electrons. The molecule has 0 fully saturated rings. The maximum atomic E-state index is 11.4. The molecule has 1 rings (SSSR count). The molecule has 0 bridgehead atoms. The molecule has 0 aliphatic carbocycles. The number of carbonyl (C=O) groups is 1. The summed E-state index contributed by atoms with van der Waals surface area (Å²) in [6.45, 7) is 3.81. The molecule has 0 aliphatic rings. The largest absolute Gasteiger partial charge is 0.462 e. The summed E-state index contributed by atoms with van der Waals surface area (Å²) in [6, 6.07) is 7.38. The lowest BCUT2D eigenvalue weighted by Gasteiger charge is -2.21. The number of anilines is 1. The van der Waals surface area contributed by atoms with E-state index >= 15 is 0 Å². The van der Waals surface area contributed by atoms with Crippen LogP contribution < -0.4 is 5.32 Å². The van der Waals surface area contributed by atoms with Gasteiger partial charge in [0, 0.05) is 5.69 Å². The van der Waals surface area contributed by atoms with E-state index in [0.29, 0.717) is 5.69 Å². The summed E-state index contributed by atoms with van der Waals surface area (Å²) >= 11 is 11.7. The Morgan fingerprint density at radius 3 is 2.62 bits per heavy atom. The number of hydrogen-bond donors (Lipinski definition) is 1. The van der Waals surface area contributed by atoms with Crippen molar-refractivity contribution in [1.29, 1.82) is 0 Å². The zero-order valence-electron chi connectivity index (χ0n) is 9.09. The molecule has 3 nitrogen and oxygen atoms in total. The monoisotopic (exact) mass is 261 g/mol. The average Bonchev–Trinajstić information content (AvgIpc) is 2.21. The lowest BCUT2D eigenvalue weighted by atomic mass is 10.2. The van der Waals surface area contributed by atoms with Crippen LogP contribution in [-0.2, 0) is 9.53 Å². The van der Waals surface area contributed by atoms with Crippen LogP contribution in [-0.4, -0.2) is 17.0 Å². The highest BCUT2D eigenvalue weighted by Gasteiger charge is 2.35. The molecule has 0 saturated heterocycles. The predicted molar refractivity (Wildman–Crippen MR) is 65.9 cm³/mol. The zero-order chi connectivity index (χ0) is 12.2. The summed E-state index contributed by atoms with van der Waals surface area (Å²) < 4.78 is 2.99. The Balaban J connectivity index is 2.80. The molecule has 1 aromatic carbocycles. The van der Waals surface area contributed by atoms with E-state index in [-0.39, 0.29) is 6.61 Å². The highest BCUT2D eigenvalue weighted by atomic mass is 35.5. The third kappa shape index (κ3) is 3.29. The van der Waals surface area contributed by atoms with Crippen LogP contribution in [0.25, 0.3) is 0 Å². The fourth-order valence-electron chi connectivity index (χ4n) is 1.16. The van der Waals surface area contributed by atoms with Gasteiger partial charge in [-0.3, -0.25) is 0 Å². The van der Waals surface area contributed by atoms with Crippen molar-refractivity contribution in [3.8, 4) is 0 Å². The number of carbonyl (C=O) groups excluding carboxylic acids is 1. The van der Waals surface area contributed by atoms with Crippen molar-refractivity contribution in [2.24, 2.45) is 0 Å². The van der Waals surface area contributed by atoms with Gasteiger partial charge < -0.3 is 10.1 Å². The van der Waals surface area contributed by atoms with Crippen LogP contribution in [0.1, 0.15) is 12.5 Å². The number of aryl methyl sites for hydroxylation is 1. The fraction of sp³-hybridized carbons (Fsp3) is 0.364. The van der Waals surface area contributed by atoms with E-state index in [0.717, 1.165) is 5.56 Å². The molecule has 0 aliphatic heterocycles. The first-order valence-electron chi connectivity index (χ1n) is 4.86. The van der Waals surface area contributed by atoms with Crippen molar-refractivity contribution in [3.05, 3.63) is 29.8 Å². The number of hydrogen-bond acceptors (Lipinski definition) is 3. The Morgan fingerprint density at radius 2 is 2.06 bits per heavy atom. The van der Waals surface area contributed by atoms with E-state index in [1.54, 1.807) is 13.0 Å². The van der Waals surface area contributed by atoms with Crippen LogP contribution in [0.4, 0.5) is 5.69 Å². The standard InChI is InChI=1S/C11H13Cl2NO2/c1-3-16-10(15)11(12,13)14-9-7-5-4-6-8(9)2/h4-7,14H,3H2,1-2H3. The molecule has 0 radical (unpaired) electrons. The van der Waals surface area contributed by atoms with Gasteiger partial charge >= 0.3 is 5.97 Å². The number of halogens is 2. The molecule has 0 atom stereocenters. The van der Waals surface area contributed by atoms with Gasteiger partial charge in [0.05, 0.1) is 6.61 Å². The topological polar surface area (TPSA) is 38.3 Å². The SMILES string of the molecule is CCOC(=O)C(Cl)(Cl)Nc1ccccc1C. The highest BCUT2D eigenvalue weighted by molar-refractivity contribution is 6.58. The number of alkyl halides is 2. The van der Waals surface area contributed by atoms with Gasteiger partial charge in [-0.25, -0.2) is 4.79 Å². The maximum Gasteiger partial charge on any atom is 0.363 e. The first kappa shape index (κ1) is 13.1. The minimum Gasteiger partial charge on any atom is -0.462 e. The number of ether oxygens (including phenoxy) is 1. The van der Waals surface area contributed by atoms with E-state index in [9.17, 15) is 4.79 Å². The van der Waals surface area contributed by atoms with Crippen molar-refractivity contribution in [2.75, 3.05) is 11.9 Å². The Bertz CT molecular complexity index is 380. The lowest BCUT2D eigenvalue weighted by Crippen LogP contribution is -2.36. The molecule has 0 saturated carbocycles. The molecule has 1 aromatic rings. The predicted octanol–water partition coefficient (Wildman–Crippen LogP) is 3.10. The van der Waals surface area contributed by atoms with Gasteiger partial charge in [-0.2, -0.15) is 0 Å². The minimum atomic E-state index is -1.76. The summed E-state index contributed by atoms with van der Waals surface area (Å²) in [5, 5.41) is 2.73. The maximum absolute atomic E-state index is 11.4. The molecule has 16 heavy (non-hydrogen) atoms. The van der Waals surface area contributed by atoms with Crippen LogP contribution in [0.3, 0.4) is 0 Å². The summed E-state index contributed by atoms with van der Waals surface area (Å²) in [4.78, 5) is 11.4. The van der Waals surface area contributed by atoms with Crippen molar-refractivity contribution < 1.29 is 9.53 Å². The molecule has 0 heterocycles. The molecule has 1 N–H and O–H groups in total. The van der Waals surface area contributed by atoms with Gasteiger partial charge in [0.2, 0.25) is 0 Å². The smallest absolute Gasteiger partial charge is 0.363 e. The summed E-state index contributed by atoms with van der Waals surface area (Å²) in [5.41, 5.74) is 1.64. The number of para-hydroxylation sites is 1. The molecule has 5 heteroatoms. The molecular formula is C11H13Cl2NO2. The number of nitrogens with one attached hydrogen (secondary N) is 1. The van der Waals surface area contributed by atoms with Crippen LogP contribution in [0.2, 0.25) is 0 Å². The second-order valence-corrected chi connectivity index (χ2v) is 4.56. The van der Waals surface area contributed by atoms with E-state index in [1.807, 2.05) is 25.1 Å². The van der Waals surface area contributed by atoms with Crippen LogP contribution in [0.5, 0.6) is 0 Å². The second kappa shape index (κ2) is 5.41. The van der Waals surface area contributed by atoms with Crippen molar-refractivity contribution in [2.45, 2.75) is 18.3 Å². The van der Waals surface area contributed by atoms with Gasteiger partial charge in [0.25, 0.3) is 4.46 Å². The Kier molecular flexibility index (Phi) is 4.44. The first-order chi connectivity index (χ1) is 7.47. The summed E-state index contributed by atoms with van der Waals surface area (Å²) in [5.74, 6) is -0.707. The first-order valence-corrected chi connectivity index (χ1v) is 5.62. The quantitative estimate of drug-likeness (QED) is 0.514. The summed E-state index contributed by atoms with van der Waals surface area (Å²) in [6.07, 6.45) is 0. The van der Waals surface area contributed by atoms with E-state index < -0.39 is 10.4 Å². The zero-order valence-corrected chi connectivity index (χ0v) is 10.6. The highest BCUT2D eigenvalue weighted by Crippen LogP contribution is 2.27. The Labute approximate surface area is 105 Å². The van der Waals surface area contributed by atoms with Crippen LogP contribution >= 0.6 is 23.2 Å². The van der Waals surface area contributed by atoms with Crippen molar-refractivity contribution >= 4 is 34.9 Å². The third-order valence-electron chi connectivity index (χ3n) is 1.97. The van der Waals surface area contributed by atoms with Crippen LogP contribution in [0, 0.1) is 6.92 Å². The molecular weight excluding hydrogens is 249 g/mol. The average molecular weight is 262 g/mol. The molecule has 0 spiro atoms. The second-order valence-electron chi connectivity index (χ2n) is 3.23. The van der Waals surface area contributed by atoms with Gasteiger partial charge in [0.1, 0.15) is 0 Å². The van der Waals surface area contributed by atoms with Crippen molar-refractivity contribution in [3.63, 3.8) is 0 Å². The lowest BCUT2D eigenvalue weighted by molar-refractivity contribution is -0.143. The number of benzene rings is 1. The van der Waals surface area contributed by atoms with E-state index in [1.165, 1.54) is 0 Å².